The first-order valence-electron chi connectivity index (χ1n) is 4.61. The summed E-state index contributed by atoms with van der Waals surface area (Å²) in [5, 5.41) is 7.19. The van der Waals surface area contributed by atoms with Gasteiger partial charge in [0.05, 0.1) is 0 Å². The summed E-state index contributed by atoms with van der Waals surface area (Å²) in [4.78, 5) is 4.09. The molecule has 78 valence electrons. The number of hydrazine groups is 1. The SMILES string of the molecule is CCN=C(NN)Nc1ccn(CC)n1. The molecular weight excluding hydrogens is 180 g/mol. The normalized spacial score (nSPS) is 11.5. The Kier molecular flexibility index (Phi) is 3.93. The molecule has 1 aromatic heterocycles. The average molecular weight is 196 g/mol. The molecule has 0 aliphatic carbocycles. The Hall–Kier alpha value is -1.56. The second-order valence-electron chi connectivity index (χ2n) is 2.65. The van der Waals surface area contributed by atoms with E-state index < -0.39 is 0 Å². The van der Waals surface area contributed by atoms with Gasteiger partial charge >= 0.3 is 0 Å². The zero-order chi connectivity index (χ0) is 10.4. The zero-order valence-corrected chi connectivity index (χ0v) is 8.49. The van der Waals surface area contributed by atoms with Gasteiger partial charge in [0.25, 0.3) is 0 Å². The van der Waals surface area contributed by atoms with Crippen LogP contribution in [0.3, 0.4) is 0 Å². The average Bonchev–Trinajstić information content (AvgIpc) is 2.65. The smallest absolute Gasteiger partial charge is 0.211 e. The van der Waals surface area contributed by atoms with Crippen LogP contribution in [0.25, 0.3) is 0 Å². The Bertz CT molecular complexity index is 303. The van der Waals surface area contributed by atoms with Crippen LogP contribution in [0.4, 0.5) is 5.82 Å². The number of aliphatic imine (C=N–C) groups is 1. The van der Waals surface area contributed by atoms with Crippen molar-refractivity contribution in [1.29, 1.82) is 0 Å². The largest absolute Gasteiger partial charge is 0.308 e. The lowest BCUT2D eigenvalue weighted by molar-refractivity contribution is 0.662. The number of nitrogens with two attached hydrogens (primary N) is 1. The van der Waals surface area contributed by atoms with Crippen LogP contribution in [0.15, 0.2) is 17.3 Å². The minimum Gasteiger partial charge on any atom is -0.308 e. The molecule has 1 heterocycles. The van der Waals surface area contributed by atoms with E-state index in [0.29, 0.717) is 12.5 Å². The summed E-state index contributed by atoms with van der Waals surface area (Å²) in [6, 6.07) is 1.87. The highest BCUT2D eigenvalue weighted by Gasteiger charge is 1.99. The van der Waals surface area contributed by atoms with Crippen molar-refractivity contribution < 1.29 is 0 Å². The summed E-state index contributed by atoms with van der Waals surface area (Å²) in [7, 11) is 0. The fraction of sp³-hybridized carbons (Fsp3) is 0.500. The van der Waals surface area contributed by atoms with Gasteiger partial charge in [-0.3, -0.25) is 15.1 Å². The van der Waals surface area contributed by atoms with Crippen molar-refractivity contribution in [3.05, 3.63) is 12.3 Å². The molecular formula is C8H16N6. The Morgan fingerprint density at radius 3 is 2.93 bits per heavy atom. The third-order valence-electron chi connectivity index (χ3n) is 1.66. The molecule has 0 fully saturated rings. The van der Waals surface area contributed by atoms with Crippen LogP contribution < -0.4 is 16.6 Å². The maximum absolute atomic E-state index is 5.27. The van der Waals surface area contributed by atoms with E-state index >= 15 is 0 Å². The van der Waals surface area contributed by atoms with Crippen LogP contribution >= 0.6 is 0 Å². The molecule has 0 saturated carbocycles. The van der Waals surface area contributed by atoms with Gasteiger partial charge in [-0.25, -0.2) is 5.84 Å². The molecule has 14 heavy (non-hydrogen) atoms. The Morgan fingerprint density at radius 1 is 1.64 bits per heavy atom. The lowest BCUT2D eigenvalue weighted by Gasteiger charge is -2.05. The van der Waals surface area contributed by atoms with Gasteiger partial charge in [0.2, 0.25) is 5.96 Å². The van der Waals surface area contributed by atoms with Crippen molar-refractivity contribution in [2.24, 2.45) is 10.8 Å². The van der Waals surface area contributed by atoms with Gasteiger partial charge in [-0.1, -0.05) is 0 Å². The van der Waals surface area contributed by atoms with E-state index in [0.717, 1.165) is 12.4 Å². The second-order valence-corrected chi connectivity index (χ2v) is 2.65. The standard InChI is InChI=1S/C8H16N6/c1-3-10-8(12-9)11-7-5-6-14(4-2)13-7/h5-6H,3-4,9H2,1-2H3,(H2,10,11,12,13). The summed E-state index contributed by atoms with van der Waals surface area (Å²) < 4.78 is 1.82. The van der Waals surface area contributed by atoms with Gasteiger partial charge < -0.3 is 5.32 Å². The van der Waals surface area contributed by atoms with E-state index in [9.17, 15) is 0 Å². The van der Waals surface area contributed by atoms with Gasteiger partial charge in [0.15, 0.2) is 5.82 Å². The van der Waals surface area contributed by atoms with E-state index in [1.165, 1.54) is 0 Å². The maximum atomic E-state index is 5.27. The fourth-order valence-corrected chi connectivity index (χ4v) is 1.01. The molecule has 0 bridgehead atoms. The summed E-state index contributed by atoms with van der Waals surface area (Å²) >= 11 is 0. The first-order valence-corrected chi connectivity index (χ1v) is 4.61. The number of guanidine groups is 1. The topological polar surface area (TPSA) is 80.3 Å². The predicted octanol–water partition coefficient (Wildman–Crippen LogP) is 0.154. The Morgan fingerprint density at radius 2 is 2.43 bits per heavy atom. The third-order valence-corrected chi connectivity index (χ3v) is 1.66. The van der Waals surface area contributed by atoms with Crippen molar-refractivity contribution in [2.45, 2.75) is 20.4 Å². The highest BCUT2D eigenvalue weighted by molar-refractivity contribution is 5.92. The number of nitrogens with one attached hydrogen (secondary N) is 2. The molecule has 6 heteroatoms. The van der Waals surface area contributed by atoms with E-state index in [2.05, 4.69) is 20.8 Å². The molecule has 0 aliphatic heterocycles. The van der Waals surface area contributed by atoms with E-state index in [4.69, 9.17) is 5.84 Å². The molecule has 1 aromatic rings. The van der Waals surface area contributed by atoms with Crippen LogP contribution in [0.1, 0.15) is 13.8 Å². The van der Waals surface area contributed by atoms with Gasteiger partial charge in [-0.15, -0.1) is 0 Å². The Balaban J connectivity index is 2.62. The van der Waals surface area contributed by atoms with E-state index in [1.54, 1.807) is 0 Å². The molecule has 0 atom stereocenters. The predicted molar refractivity (Wildman–Crippen MR) is 56.8 cm³/mol. The highest BCUT2D eigenvalue weighted by atomic mass is 15.4. The van der Waals surface area contributed by atoms with E-state index in [1.807, 2.05) is 30.8 Å². The second kappa shape index (κ2) is 5.23. The number of anilines is 1. The van der Waals surface area contributed by atoms with Crippen molar-refractivity contribution in [2.75, 3.05) is 11.9 Å². The monoisotopic (exact) mass is 196 g/mol. The minimum absolute atomic E-state index is 0.522. The van der Waals surface area contributed by atoms with Crippen LogP contribution in [0.5, 0.6) is 0 Å². The highest BCUT2D eigenvalue weighted by Crippen LogP contribution is 2.01. The van der Waals surface area contributed by atoms with Crippen molar-refractivity contribution >= 4 is 11.8 Å². The molecule has 6 nitrogen and oxygen atoms in total. The first kappa shape index (κ1) is 10.5. The Labute approximate surface area is 83.2 Å². The number of nitrogens with zero attached hydrogens (tertiary/aromatic N) is 3. The van der Waals surface area contributed by atoms with Gasteiger partial charge in [-0.2, -0.15) is 5.10 Å². The molecule has 0 amide bonds. The maximum Gasteiger partial charge on any atom is 0.211 e. The van der Waals surface area contributed by atoms with Crippen molar-refractivity contribution in [3.63, 3.8) is 0 Å². The molecule has 0 unspecified atom stereocenters. The van der Waals surface area contributed by atoms with E-state index in [-0.39, 0.29) is 0 Å². The van der Waals surface area contributed by atoms with Crippen molar-refractivity contribution in [1.82, 2.24) is 15.2 Å². The molecule has 0 saturated heterocycles. The molecule has 4 N–H and O–H groups in total. The molecule has 0 radical (unpaired) electrons. The third kappa shape index (κ3) is 2.74. The lowest BCUT2D eigenvalue weighted by atomic mass is 10.6. The van der Waals surface area contributed by atoms with Crippen LogP contribution in [-0.4, -0.2) is 22.3 Å². The van der Waals surface area contributed by atoms with Gasteiger partial charge in [0, 0.05) is 25.4 Å². The zero-order valence-electron chi connectivity index (χ0n) is 8.49. The van der Waals surface area contributed by atoms with Gasteiger partial charge in [0.1, 0.15) is 0 Å². The quantitative estimate of drug-likeness (QED) is 0.278. The van der Waals surface area contributed by atoms with Crippen LogP contribution in [0.2, 0.25) is 0 Å². The van der Waals surface area contributed by atoms with Crippen molar-refractivity contribution in [3.8, 4) is 0 Å². The van der Waals surface area contributed by atoms with Gasteiger partial charge in [-0.05, 0) is 13.8 Å². The molecule has 1 rings (SSSR count). The number of aromatic nitrogens is 2. The molecule has 0 spiro atoms. The van der Waals surface area contributed by atoms with Crippen LogP contribution in [0, 0.1) is 0 Å². The number of hydrogen-bond acceptors (Lipinski definition) is 3. The number of aryl methyl sites for hydroxylation is 1. The summed E-state index contributed by atoms with van der Waals surface area (Å²) in [5.41, 5.74) is 2.47. The summed E-state index contributed by atoms with van der Waals surface area (Å²) in [6.07, 6.45) is 1.89. The summed E-state index contributed by atoms with van der Waals surface area (Å²) in [5.74, 6) is 6.52. The fourth-order valence-electron chi connectivity index (χ4n) is 1.01. The minimum atomic E-state index is 0.522. The molecule has 0 aliphatic rings. The summed E-state index contributed by atoms with van der Waals surface area (Å²) in [6.45, 7) is 5.47. The van der Waals surface area contributed by atoms with Crippen LogP contribution in [-0.2, 0) is 6.54 Å². The lowest BCUT2D eigenvalue weighted by Crippen LogP contribution is -2.36. The number of hydrogen-bond donors (Lipinski definition) is 3. The first-order chi connectivity index (χ1) is 6.80. The molecule has 0 aromatic carbocycles. The number of rotatable bonds is 3.